The van der Waals surface area contributed by atoms with E-state index in [0.29, 0.717) is 24.3 Å². The van der Waals surface area contributed by atoms with Crippen LogP contribution < -0.4 is 10.5 Å². The molecular formula is C27H35NO4S. The zero-order valence-corrected chi connectivity index (χ0v) is 20.6. The Balaban J connectivity index is 1.44. The van der Waals surface area contributed by atoms with E-state index in [1.165, 1.54) is 11.1 Å². The number of methoxy groups -OCH3 is 1. The first-order valence-corrected chi connectivity index (χ1v) is 13.5. The number of hydrogen-bond donors (Lipinski definition) is 1. The molecule has 0 spiro atoms. The molecule has 2 aromatic rings. The molecule has 3 aliphatic rings. The maximum absolute atomic E-state index is 13.2. The lowest BCUT2D eigenvalue weighted by Gasteiger charge is -2.50. The maximum Gasteiger partial charge on any atom is 0.297 e. The minimum atomic E-state index is -3.85. The third kappa shape index (κ3) is 3.80. The van der Waals surface area contributed by atoms with Gasteiger partial charge in [0.2, 0.25) is 0 Å². The average Bonchev–Trinajstić information content (AvgIpc) is 3.10. The lowest BCUT2D eigenvalue weighted by molar-refractivity contribution is -0.0153. The molecule has 0 bridgehead atoms. The van der Waals surface area contributed by atoms with Gasteiger partial charge in [0.1, 0.15) is 5.75 Å². The Kier molecular flexibility index (Phi) is 5.82. The second-order valence-corrected chi connectivity index (χ2v) is 12.1. The second-order valence-electron chi connectivity index (χ2n) is 10.5. The van der Waals surface area contributed by atoms with Crippen molar-refractivity contribution in [3.05, 3.63) is 59.2 Å². The van der Waals surface area contributed by atoms with Crippen LogP contribution >= 0.6 is 0 Å². The number of rotatable bonds is 5. The van der Waals surface area contributed by atoms with Crippen LogP contribution in [-0.2, 0) is 20.7 Å². The van der Waals surface area contributed by atoms with Gasteiger partial charge in [-0.05, 0) is 110 Å². The van der Waals surface area contributed by atoms with Crippen LogP contribution in [0.4, 0.5) is 0 Å². The summed E-state index contributed by atoms with van der Waals surface area (Å²) in [6.07, 6.45) is 4.74. The molecule has 5 rings (SSSR count). The normalized spacial score (nSPS) is 33.2. The number of benzene rings is 2. The molecule has 2 aromatic carbocycles. The van der Waals surface area contributed by atoms with E-state index in [0.717, 1.165) is 43.4 Å². The minimum Gasteiger partial charge on any atom is -0.497 e. The van der Waals surface area contributed by atoms with Crippen molar-refractivity contribution in [2.24, 2.45) is 28.9 Å². The highest BCUT2D eigenvalue weighted by Crippen LogP contribution is 2.63. The van der Waals surface area contributed by atoms with E-state index in [4.69, 9.17) is 14.7 Å². The Morgan fingerprint density at radius 2 is 1.88 bits per heavy atom. The van der Waals surface area contributed by atoms with Crippen molar-refractivity contribution in [3.8, 4) is 5.75 Å². The molecule has 178 valence electrons. The molecule has 2 fully saturated rings. The van der Waals surface area contributed by atoms with Crippen molar-refractivity contribution in [1.82, 2.24) is 0 Å². The molecular weight excluding hydrogens is 434 g/mol. The van der Waals surface area contributed by atoms with Gasteiger partial charge in [-0.3, -0.25) is 4.18 Å². The summed E-state index contributed by atoms with van der Waals surface area (Å²) in [5.74, 6) is 2.44. The van der Waals surface area contributed by atoms with Gasteiger partial charge in [0.25, 0.3) is 10.1 Å². The summed E-state index contributed by atoms with van der Waals surface area (Å²) < 4.78 is 37.9. The topological polar surface area (TPSA) is 78.6 Å². The van der Waals surface area contributed by atoms with E-state index in [1.54, 1.807) is 19.2 Å². The summed E-state index contributed by atoms with van der Waals surface area (Å²) in [6.45, 7) is 4.65. The summed E-state index contributed by atoms with van der Waals surface area (Å²) >= 11 is 0. The molecule has 5 nitrogen and oxygen atoms in total. The standard InChI is InChI=1S/C27H35NO4S/c1-17-4-8-21(9-5-17)33(29,30)32-26-19(16-28)15-25-24-10-6-18-14-20(31-3)7-11-22(18)23(24)12-13-27(25,26)2/h4-5,7-9,11,14,19,23-26H,6,10,12-13,15-16,28H2,1-3H3/t19-,23-,24-,25+,26+,27+/m1/s1. The van der Waals surface area contributed by atoms with E-state index in [2.05, 4.69) is 25.1 Å². The first kappa shape index (κ1) is 22.9. The van der Waals surface area contributed by atoms with Gasteiger partial charge < -0.3 is 10.5 Å². The van der Waals surface area contributed by atoms with Gasteiger partial charge in [0, 0.05) is 0 Å². The molecule has 3 aliphatic carbocycles. The van der Waals surface area contributed by atoms with E-state index >= 15 is 0 Å². The lowest BCUT2D eigenvalue weighted by atomic mass is 9.55. The fraction of sp³-hybridized carbons (Fsp3) is 0.556. The number of aryl methyl sites for hydroxylation is 2. The molecule has 0 saturated heterocycles. The van der Waals surface area contributed by atoms with Crippen LogP contribution in [0.1, 0.15) is 55.2 Å². The SMILES string of the molecule is COc1ccc2c(c1)CC[C@@H]1[C@@H]2CC[C@@]2(C)[C@H]1C[C@H](CN)[C@@H]2OS(=O)(=O)c1ccc(C)cc1. The number of fused-ring (bicyclic) bond motifs is 5. The third-order valence-electron chi connectivity index (χ3n) is 8.85. The highest BCUT2D eigenvalue weighted by molar-refractivity contribution is 7.86. The van der Waals surface area contributed by atoms with Crippen LogP contribution in [0.2, 0.25) is 0 Å². The molecule has 6 atom stereocenters. The zero-order chi connectivity index (χ0) is 23.4. The van der Waals surface area contributed by atoms with Crippen LogP contribution in [0, 0.1) is 30.1 Å². The van der Waals surface area contributed by atoms with Crippen molar-refractivity contribution >= 4 is 10.1 Å². The van der Waals surface area contributed by atoms with Gasteiger partial charge in [-0.1, -0.05) is 30.7 Å². The van der Waals surface area contributed by atoms with E-state index in [-0.39, 0.29) is 22.3 Å². The maximum atomic E-state index is 13.2. The molecule has 0 amide bonds. The van der Waals surface area contributed by atoms with E-state index in [1.807, 2.05) is 19.1 Å². The smallest absolute Gasteiger partial charge is 0.297 e. The predicted octanol–water partition coefficient (Wildman–Crippen LogP) is 4.82. The second kappa shape index (κ2) is 8.40. The monoisotopic (exact) mass is 469 g/mol. The summed E-state index contributed by atoms with van der Waals surface area (Å²) in [6, 6.07) is 13.4. The zero-order valence-electron chi connectivity index (χ0n) is 19.8. The van der Waals surface area contributed by atoms with E-state index < -0.39 is 10.1 Å². The molecule has 2 N–H and O–H groups in total. The lowest BCUT2D eigenvalue weighted by Crippen LogP contribution is -2.46. The fourth-order valence-corrected chi connectivity index (χ4v) is 8.35. The van der Waals surface area contributed by atoms with Crippen molar-refractivity contribution in [2.75, 3.05) is 13.7 Å². The Hall–Kier alpha value is -1.89. The van der Waals surface area contributed by atoms with Crippen LogP contribution in [-0.4, -0.2) is 28.2 Å². The van der Waals surface area contributed by atoms with Crippen molar-refractivity contribution in [2.45, 2.75) is 62.9 Å². The van der Waals surface area contributed by atoms with Gasteiger partial charge in [-0.25, -0.2) is 0 Å². The molecule has 33 heavy (non-hydrogen) atoms. The average molecular weight is 470 g/mol. The summed E-state index contributed by atoms with van der Waals surface area (Å²) in [7, 11) is -2.13. The van der Waals surface area contributed by atoms with Gasteiger partial charge in [-0.15, -0.1) is 0 Å². The predicted molar refractivity (Wildman–Crippen MR) is 129 cm³/mol. The molecule has 0 heterocycles. The van der Waals surface area contributed by atoms with Crippen molar-refractivity contribution < 1.29 is 17.3 Å². The largest absolute Gasteiger partial charge is 0.497 e. The first-order chi connectivity index (χ1) is 15.8. The quantitative estimate of drug-likeness (QED) is 0.635. The molecule has 0 radical (unpaired) electrons. The highest BCUT2D eigenvalue weighted by atomic mass is 32.2. The first-order valence-electron chi connectivity index (χ1n) is 12.1. The van der Waals surface area contributed by atoms with Crippen LogP contribution in [0.5, 0.6) is 5.75 Å². The van der Waals surface area contributed by atoms with E-state index in [9.17, 15) is 8.42 Å². The Bertz CT molecular complexity index is 1130. The number of hydrogen-bond acceptors (Lipinski definition) is 5. The Labute approximate surface area is 197 Å². The Morgan fingerprint density at radius 3 is 2.58 bits per heavy atom. The van der Waals surface area contributed by atoms with Crippen LogP contribution in [0.15, 0.2) is 47.4 Å². The van der Waals surface area contributed by atoms with Crippen LogP contribution in [0.3, 0.4) is 0 Å². The van der Waals surface area contributed by atoms with Gasteiger partial charge in [-0.2, -0.15) is 8.42 Å². The molecule has 2 saturated carbocycles. The van der Waals surface area contributed by atoms with Crippen molar-refractivity contribution in [3.63, 3.8) is 0 Å². The van der Waals surface area contributed by atoms with Crippen LogP contribution in [0.25, 0.3) is 0 Å². The number of ether oxygens (including phenoxy) is 1. The molecule has 0 aromatic heterocycles. The van der Waals surface area contributed by atoms with Gasteiger partial charge in [0.15, 0.2) is 0 Å². The minimum absolute atomic E-state index is 0.0521. The summed E-state index contributed by atoms with van der Waals surface area (Å²) in [5.41, 5.74) is 9.90. The highest BCUT2D eigenvalue weighted by Gasteiger charge is 2.59. The Morgan fingerprint density at radius 1 is 1.12 bits per heavy atom. The molecule has 0 aliphatic heterocycles. The number of nitrogens with two attached hydrogens (primary N) is 1. The van der Waals surface area contributed by atoms with Crippen molar-refractivity contribution in [1.29, 1.82) is 0 Å². The molecule has 6 heteroatoms. The van der Waals surface area contributed by atoms with Gasteiger partial charge in [0.05, 0.1) is 18.1 Å². The summed E-state index contributed by atoms with van der Waals surface area (Å²) in [5, 5.41) is 0. The molecule has 0 unspecified atom stereocenters. The van der Waals surface area contributed by atoms with Gasteiger partial charge >= 0.3 is 0 Å². The summed E-state index contributed by atoms with van der Waals surface area (Å²) in [4.78, 5) is 0.227. The third-order valence-corrected chi connectivity index (χ3v) is 10.2. The fourth-order valence-electron chi connectivity index (χ4n) is 7.12.